The van der Waals surface area contributed by atoms with Crippen molar-refractivity contribution in [3.63, 3.8) is 0 Å². The maximum Gasteiger partial charge on any atom is 0.514 e. The topological polar surface area (TPSA) is 35.5 Å². The molecule has 0 N–H and O–H groups in total. The molecular weight excluding hydrogens is 264 g/mol. The van der Waals surface area contributed by atoms with Crippen LogP contribution in [-0.2, 0) is 4.74 Å². The lowest BCUT2D eigenvalue weighted by Gasteiger charge is -2.13. The van der Waals surface area contributed by atoms with Crippen molar-refractivity contribution in [1.82, 2.24) is 0 Å². The van der Waals surface area contributed by atoms with Crippen molar-refractivity contribution in [2.75, 3.05) is 0 Å². The zero-order valence-electron chi connectivity index (χ0n) is 12.4. The van der Waals surface area contributed by atoms with Gasteiger partial charge in [-0.1, -0.05) is 61.9 Å². The molecule has 1 atom stereocenters. The first-order valence-electron chi connectivity index (χ1n) is 7.23. The standard InChI is InChI=1S/C18H20O3/c1-3-9-14(2)20-18(19)21-17-13-8-7-12-16(17)15-10-5-4-6-11-15/h4-8,10-14H,3,9H2,1-2H3. The summed E-state index contributed by atoms with van der Waals surface area (Å²) in [6, 6.07) is 17.3. The minimum atomic E-state index is -0.653. The lowest BCUT2D eigenvalue weighted by molar-refractivity contribution is 0.0623. The van der Waals surface area contributed by atoms with Crippen LogP contribution in [0.15, 0.2) is 54.6 Å². The van der Waals surface area contributed by atoms with Crippen molar-refractivity contribution in [1.29, 1.82) is 0 Å². The van der Waals surface area contributed by atoms with Gasteiger partial charge in [0.2, 0.25) is 0 Å². The fraction of sp³-hybridized carbons (Fsp3) is 0.278. The molecule has 21 heavy (non-hydrogen) atoms. The third kappa shape index (κ3) is 4.35. The fourth-order valence-electron chi connectivity index (χ4n) is 2.16. The molecule has 0 saturated heterocycles. The maximum absolute atomic E-state index is 11.8. The van der Waals surface area contributed by atoms with Crippen LogP contribution in [0.5, 0.6) is 5.75 Å². The summed E-state index contributed by atoms with van der Waals surface area (Å²) in [5, 5.41) is 0. The third-order valence-corrected chi connectivity index (χ3v) is 3.16. The van der Waals surface area contributed by atoms with E-state index in [-0.39, 0.29) is 6.10 Å². The molecule has 0 bridgehead atoms. The fourth-order valence-corrected chi connectivity index (χ4v) is 2.16. The number of para-hydroxylation sites is 1. The van der Waals surface area contributed by atoms with Gasteiger partial charge in [-0.25, -0.2) is 4.79 Å². The molecule has 2 aromatic rings. The molecule has 0 fully saturated rings. The van der Waals surface area contributed by atoms with Crippen molar-refractivity contribution in [2.45, 2.75) is 32.8 Å². The van der Waals surface area contributed by atoms with Gasteiger partial charge in [0.15, 0.2) is 0 Å². The summed E-state index contributed by atoms with van der Waals surface area (Å²) < 4.78 is 10.6. The smallest absolute Gasteiger partial charge is 0.431 e. The Labute approximate surface area is 125 Å². The molecule has 0 amide bonds. The average Bonchev–Trinajstić information content (AvgIpc) is 2.48. The Morgan fingerprint density at radius 3 is 2.43 bits per heavy atom. The lowest BCUT2D eigenvalue weighted by Crippen LogP contribution is -2.18. The van der Waals surface area contributed by atoms with E-state index in [2.05, 4.69) is 6.92 Å². The van der Waals surface area contributed by atoms with E-state index in [1.807, 2.05) is 55.5 Å². The molecule has 2 rings (SSSR count). The second-order valence-corrected chi connectivity index (χ2v) is 4.93. The average molecular weight is 284 g/mol. The van der Waals surface area contributed by atoms with E-state index < -0.39 is 6.16 Å². The summed E-state index contributed by atoms with van der Waals surface area (Å²) in [5.74, 6) is 0.511. The zero-order valence-corrected chi connectivity index (χ0v) is 12.4. The number of benzene rings is 2. The van der Waals surface area contributed by atoms with Crippen molar-refractivity contribution >= 4 is 6.16 Å². The summed E-state index contributed by atoms with van der Waals surface area (Å²) in [4.78, 5) is 11.8. The molecule has 0 aliphatic carbocycles. The van der Waals surface area contributed by atoms with Gasteiger partial charge in [0.25, 0.3) is 0 Å². The summed E-state index contributed by atoms with van der Waals surface area (Å²) in [7, 11) is 0. The molecule has 0 heterocycles. The highest BCUT2D eigenvalue weighted by atomic mass is 16.7. The van der Waals surface area contributed by atoms with E-state index in [0.29, 0.717) is 5.75 Å². The maximum atomic E-state index is 11.8. The van der Waals surface area contributed by atoms with Crippen LogP contribution < -0.4 is 4.74 Å². The highest BCUT2D eigenvalue weighted by molar-refractivity contribution is 5.74. The van der Waals surface area contributed by atoms with Crippen LogP contribution >= 0.6 is 0 Å². The molecule has 0 aliphatic heterocycles. The van der Waals surface area contributed by atoms with Gasteiger partial charge in [-0.2, -0.15) is 0 Å². The largest absolute Gasteiger partial charge is 0.514 e. The number of hydrogen-bond donors (Lipinski definition) is 0. The van der Waals surface area contributed by atoms with E-state index in [0.717, 1.165) is 24.0 Å². The van der Waals surface area contributed by atoms with Gasteiger partial charge < -0.3 is 9.47 Å². The van der Waals surface area contributed by atoms with Gasteiger partial charge in [0, 0.05) is 5.56 Å². The Bertz CT molecular complexity index is 578. The summed E-state index contributed by atoms with van der Waals surface area (Å²) in [5.41, 5.74) is 1.88. The van der Waals surface area contributed by atoms with Crippen LogP contribution in [0.3, 0.4) is 0 Å². The van der Waals surface area contributed by atoms with Crippen LogP contribution in [0.25, 0.3) is 11.1 Å². The molecule has 1 unspecified atom stereocenters. The van der Waals surface area contributed by atoms with E-state index >= 15 is 0 Å². The number of carbonyl (C=O) groups excluding carboxylic acids is 1. The first kappa shape index (κ1) is 15.1. The number of ether oxygens (including phenoxy) is 2. The Morgan fingerprint density at radius 1 is 1.05 bits per heavy atom. The first-order valence-corrected chi connectivity index (χ1v) is 7.23. The van der Waals surface area contributed by atoms with Crippen LogP contribution in [-0.4, -0.2) is 12.3 Å². The number of carbonyl (C=O) groups is 1. The van der Waals surface area contributed by atoms with E-state index in [9.17, 15) is 4.79 Å². The predicted octanol–water partition coefficient (Wildman–Crippen LogP) is 5.06. The van der Waals surface area contributed by atoms with Gasteiger partial charge in [0.05, 0.1) is 0 Å². The monoisotopic (exact) mass is 284 g/mol. The molecular formula is C18H20O3. The predicted molar refractivity (Wildman–Crippen MR) is 83.4 cm³/mol. The van der Waals surface area contributed by atoms with E-state index in [4.69, 9.17) is 9.47 Å². The Hall–Kier alpha value is -2.29. The molecule has 2 aromatic carbocycles. The van der Waals surface area contributed by atoms with E-state index in [1.54, 1.807) is 6.07 Å². The summed E-state index contributed by atoms with van der Waals surface area (Å²) in [6.45, 7) is 3.92. The first-order chi connectivity index (χ1) is 10.2. The molecule has 0 saturated carbocycles. The molecule has 0 spiro atoms. The van der Waals surface area contributed by atoms with E-state index in [1.165, 1.54) is 0 Å². The van der Waals surface area contributed by atoms with Crippen molar-refractivity contribution in [3.8, 4) is 16.9 Å². The van der Waals surface area contributed by atoms with Gasteiger partial charge in [0.1, 0.15) is 11.9 Å². The SMILES string of the molecule is CCCC(C)OC(=O)Oc1ccccc1-c1ccccc1. The van der Waals surface area contributed by atoms with Gasteiger partial charge >= 0.3 is 6.16 Å². The second-order valence-electron chi connectivity index (χ2n) is 4.93. The van der Waals surface area contributed by atoms with Gasteiger partial charge in [-0.05, 0) is 25.0 Å². The van der Waals surface area contributed by atoms with Crippen molar-refractivity contribution in [3.05, 3.63) is 54.6 Å². The Balaban J connectivity index is 2.12. The zero-order chi connectivity index (χ0) is 15.1. The molecule has 3 heteroatoms. The minimum Gasteiger partial charge on any atom is -0.431 e. The lowest BCUT2D eigenvalue weighted by atomic mass is 10.1. The van der Waals surface area contributed by atoms with Crippen molar-refractivity contribution in [2.24, 2.45) is 0 Å². The Kier molecular flexibility index (Phi) is 5.38. The minimum absolute atomic E-state index is 0.133. The third-order valence-electron chi connectivity index (χ3n) is 3.16. The summed E-state index contributed by atoms with van der Waals surface area (Å²) in [6.07, 6.45) is 1.01. The highest BCUT2D eigenvalue weighted by Crippen LogP contribution is 2.29. The van der Waals surface area contributed by atoms with Crippen LogP contribution in [0, 0.1) is 0 Å². The summed E-state index contributed by atoms with van der Waals surface area (Å²) >= 11 is 0. The van der Waals surface area contributed by atoms with Crippen LogP contribution in [0.2, 0.25) is 0 Å². The Morgan fingerprint density at radius 2 is 1.71 bits per heavy atom. The van der Waals surface area contributed by atoms with Crippen molar-refractivity contribution < 1.29 is 14.3 Å². The van der Waals surface area contributed by atoms with Crippen LogP contribution in [0.1, 0.15) is 26.7 Å². The number of rotatable bonds is 5. The van der Waals surface area contributed by atoms with Gasteiger partial charge in [-0.15, -0.1) is 0 Å². The van der Waals surface area contributed by atoms with Gasteiger partial charge in [-0.3, -0.25) is 0 Å². The molecule has 0 aromatic heterocycles. The molecule has 0 radical (unpaired) electrons. The molecule has 0 aliphatic rings. The molecule has 110 valence electrons. The normalized spacial score (nSPS) is 11.7. The van der Waals surface area contributed by atoms with Crippen LogP contribution in [0.4, 0.5) is 4.79 Å². The second kappa shape index (κ2) is 7.48. The molecule has 3 nitrogen and oxygen atoms in total. The quantitative estimate of drug-likeness (QED) is 0.569. The highest BCUT2D eigenvalue weighted by Gasteiger charge is 2.14. The number of hydrogen-bond acceptors (Lipinski definition) is 3.